The van der Waals surface area contributed by atoms with Gasteiger partial charge in [-0.05, 0) is 6.08 Å². The highest BCUT2D eigenvalue weighted by Crippen LogP contribution is 1.82. The van der Waals surface area contributed by atoms with Crippen LogP contribution in [0.4, 0.5) is 0 Å². The van der Waals surface area contributed by atoms with Crippen LogP contribution in [0.3, 0.4) is 0 Å². The van der Waals surface area contributed by atoms with E-state index in [0.717, 1.165) is 4.48 Å². The Bertz CT molecular complexity index is 148. The first-order valence-electron chi connectivity index (χ1n) is 3.41. The molecule has 0 rings (SSSR count). The molecule has 2 N–H and O–H groups in total. The molecule has 0 aliphatic carbocycles. The van der Waals surface area contributed by atoms with Gasteiger partial charge < -0.3 is 4.48 Å². The van der Waals surface area contributed by atoms with Gasteiger partial charge in [0.2, 0.25) is 0 Å². The summed E-state index contributed by atoms with van der Waals surface area (Å²) in [4.78, 5) is 10.6. The van der Waals surface area contributed by atoms with Crippen LogP contribution >= 0.6 is 0 Å². The molecule has 0 heterocycles. The smallest absolute Gasteiger partial charge is 0.257 e. The molecule has 0 aromatic carbocycles. The van der Waals surface area contributed by atoms with Gasteiger partial charge in [-0.1, -0.05) is 6.58 Å². The molecule has 11 heavy (non-hydrogen) atoms. The van der Waals surface area contributed by atoms with Gasteiger partial charge in [0.1, 0.15) is 6.67 Å². The van der Waals surface area contributed by atoms with E-state index < -0.39 is 0 Å². The summed E-state index contributed by atoms with van der Waals surface area (Å²) in [6.45, 7) is 4.00. The number of nitrogens with zero attached hydrogens (tertiary/aromatic N) is 1. The fourth-order valence-electron chi connectivity index (χ4n) is 0.415. The van der Waals surface area contributed by atoms with Crippen molar-refractivity contribution in [2.24, 2.45) is 0 Å². The van der Waals surface area contributed by atoms with Gasteiger partial charge in [0.05, 0.1) is 21.1 Å². The van der Waals surface area contributed by atoms with Crippen molar-refractivity contribution in [3.63, 3.8) is 0 Å². The van der Waals surface area contributed by atoms with E-state index in [1.54, 1.807) is 0 Å². The average Bonchev–Trinajstić information content (AvgIpc) is 1.85. The monoisotopic (exact) mass is 158 g/mol. The number of hydrogen-bond donors (Lipinski definition) is 2. The van der Waals surface area contributed by atoms with Gasteiger partial charge >= 0.3 is 0 Å². The summed E-state index contributed by atoms with van der Waals surface area (Å²) in [5, 5.41) is 0. The zero-order chi connectivity index (χ0) is 8.91. The number of rotatable bonds is 4. The van der Waals surface area contributed by atoms with Crippen molar-refractivity contribution in [3.05, 3.63) is 12.7 Å². The molecule has 4 heteroatoms. The second-order valence-electron chi connectivity index (χ2n) is 3.32. The van der Waals surface area contributed by atoms with Crippen LogP contribution in [-0.4, -0.2) is 38.2 Å². The van der Waals surface area contributed by atoms with Crippen LogP contribution in [-0.2, 0) is 4.79 Å². The molecule has 0 atom stereocenters. The topological polar surface area (TPSA) is 41.1 Å². The van der Waals surface area contributed by atoms with Gasteiger partial charge in [-0.2, -0.15) is 5.43 Å². The standard InChI is InChI=1S/C7H15N3O/c1-5-7(11)9-8-6-10(2,3)4/h5,8H,1,6H2,2-4H3/p+1. The zero-order valence-corrected chi connectivity index (χ0v) is 7.35. The third-order valence-corrected chi connectivity index (χ3v) is 0.950. The minimum absolute atomic E-state index is 0.210. The van der Waals surface area contributed by atoms with Crippen LogP contribution in [0.2, 0.25) is 0 Å². The Balaban J connectivity index is 3.42. The van der Waals surface area contributed by atoms with Crippen LogP contribution < -0.4 is 10.9 Å². The van der Waals surface area contributed by atoms with E-state index in [1.807, 2.05) is 21.1 Å². The van der Waals surface area contributed by atoms with Crippen molar-refractivity contribution < 1.29 is 9.28 Å². The Labute approximate surface area is 67.4 Å². The molecule has 1 amide bonds. The molecule has 0 aromatic heterocycles. The van der Waals surface area contributed by atoms with E-state index in [1.165, 1.54) is 6.08 Å². The minimum Gasteiger partial charge on any atom is -0.317 e. The lowest BCUT2D eigenvalue weighted by Crippen LogP contribution is -2.49. The zero-order valence-electron chi connectivity index (χ0n) is 7.35. The van der Waals surface area contributed by atoms with Crippen molar-refractivity contribution in [1.82, 2.24) is 10.9 Å². The molecule has 0 spiro atoms. The van der Waals surface area contributed by atoms with Gasteiger partial charge in [-0.15, -0.1) is 0 Å². The third-order valence-electron chi connectivity index (χ3n) is 0.950. The predicted octanol–water partition coefficient (Wildman–Crippen LogP) is -0.543. The quantitative estimate of drug-likeness (QED) is 0.250. The molecule has 0 saturated carbocycles. The van der Waals surface area contributed by atoms with E-state index in [-0.39, 0.29) is 5.91 Å². The normalized spacial score (nSPS) is 10.8. The molecule has 0 aliphatic rings. The lowest BCUT2D eigenvalue weighted by Gasteiger charge is -2.23. The fraction of sp³-hybridized carbons (Fsp3) is 0.571. The molecule has 0 fully saturated rings. The van der Waals surface area contributed by atoms with Gasteiger partial charge in [0, 0.05) is 0 Å². The Morgan fingerprint density at radius 2 is 2.09 bits per heavy atom. The minimum atomic E-state index is -0.210. The first-order chi connectivity index (χ1) is 4.95. The number of carbonyl (C=O) groups is 1. The summed E-state index contributed by atoms with van der Waals surface area (Å²) in [6.07, 6.45) is 1.22. The first-order valence-corrected chi connectivity index (χ1v) is 3.41. The highest BCUT2D eigenvalue weighted by molar-refractivity contribution is 5.86. The largest absolute Gasteiger partial charge is 0.317 e. The van der Waals surface area contributed by atoms with Crippen LogP contribution in [0, 0.1) is 0 Å². The third kappa shape index (κ3) is 7.02. The van der Waals surface area contributed by atoms with Gasteiger partial charge in [-0.3, -0.25) is 10.2 Å². The van der Waals surface area contributed by atoms with Gasteiger partial charge in [-0.25, -0.2) is 0 Å². The molecule has 64 valence electrons. The lowest BCUT2D eigenvalue weighted by molar-refractivity contribution is -0.873. The highest BCUT2D eigenvalue weighted by atomic mass is 16.2. The molecule has 0 aromatic rings. The number of quaternary nitrogens is 1. The van der Waals surface area contributed by atoms with E-state index >= 15 is 0 Å². The Hall–Kier alpha value is -0.870. The number of hydrazine groups is 1. The van der Waals surface area contributed by atoms with Crippen molar-refractivity contribution in [2.45, 2.75) is 0 Å². The number of amides is 1. The fourth-order valence-corrected chi connectivity index (χ4v) is 0.415. The number of carbonyl (C=O) groups excluding carboxylic acids is 1. The Morgan fingerprint density at radius 3 is 2.45 bits per heavy atom. The van der Waals surface area contributed by atoms with Crippen molar-refractivity contribution in [2.75, 3.05) is 27.8 Å². The number of nitrogens with one attached hydrogen (secondary N) is 2. The van der Waals surface area contributed by atoms with Crippen molar-refractivity contribution in [3.8, 4) is 0 Å². The molecule has 0 bridgehead atoms. The summed E-state index contributed by atoms with van der Waals surface area (Å²) in [6, 6.07) is 0. The van der Waals surface area contributed by atoms with Crippen LogP contribution in [0.1, 0.15) is 0 Å². The van der Waals surface area contributed by atoms with E-state index in [2.05, 4.69) is 17.4 Å². The second kappa shape index (κ2) is 4.10. The molecular weight excluding hydrogens is 142 g/mol. The predicted molar refractivity (Wildman–Crippen MR) is 44.4 cm³/mol. The van der Waals surface area contributed by atoms with E-state index in [4.69, 9.17) is 0 Å². The highest BCUT2D eigenvalue weighted by Gasteiger charge is 2.04. The van der Waals surface area contributed by atoms with Crippen LogP contribution in [0.25, 0.3) is 0 Å². The van der Waals surface area contributed by atoms with E-state index in [0.29, 0.717) is 6.67 Å². The molecule has 0 radical (unpaired) electrons. The Morgan fingerprint density at radius 1 is 1.55 bits per heavy atom. The maximum atomic E-state index is 10.6. The van der Waals surface area contributed by atoms with E-state index in [9.17, 15) is 4.79 Å². The van der Waals surface area contributed by atoms with Crippen LogP contribution in [0.15, 0.2) is 12.7 Å². The Kier molecular flexibility index (Phi) is 3.78. The maximum absolute atomic E-state index is 10.6. The summed E-state index contributed by atoms with van der Waals surface area (Å²) in [5.74, 6) is -0.210. The molecule has 0 saturated heterocycles. The SMILES string of the molecule is C=CC(=O)NNC[N+](C)(C)C. The molecule has 0 aliphatic heterocycles. The van der Waals surface area contributed by atoms with Gasteiger partial charge in [0.25, 0.3) is 5.91 Å². The van der Waals surface area contributed by atoms with Crippen LogP contribution in [0.5, 0.6) is 0 Å². The van der Waals surface area contributed by atoms with Crippen molar-refractivity contribution >= 4 is 5.91 Å². The number of hydrogen-bond acceptors (Lipinski definition) is 2. The molecule has 0 unspecified atom stereocenters. The van der Waals surface area contributed by atoms with Crippen molar-refractivity contribution in [1.29, 1.82) is 0 Å². The summed E-state index contributed by atoms with van der Waals surface area (Å²) >= 11 is 0. The average molecular weight is 158 g/mol. The lowest BCUT2D eigenvalue weighted by atomic mass is 10.6. The second-order valence-corrected chi connectivity index (χ2v) is 3.32. The van der Waals surface area contributed by atoms with Gasteiger partial charge in [0.15, 0.2) is 0 Å². The summed E-state index contributed by atoms with van der Waals surface area (Å²) in [5.41, 5.74) is 5.24. The summed E-state index contributed by atoms with van der Waals surface area (Å²) < 4.78 is 0.747. The maximum Gasteiger partial charge on any atom is 0.257 e. The first kappa shape index (κ1) is 10.1. The molecular formula is C7H16N3O+. The summed E-state index contributed by atoms with van der Waals surface area (Å²) in [7, 11) is 6.06. The molecule has 4 nitrogen and oxygen atoms in total.